The quantitative estimate of drug-likeness (QED) is 0.867. The highest BCUT2D eigenvalue weighted by molar-refractivity contribution is 5.89. The largest absolute Gasteiger partial charge is 0.433 e. The first kappa shape index (κ1) is 17.9. The van der Waals surface area contributed by atoms with Crippen molar-refractivity contribution < 1.29 is 14.3 Å². The molecule has 2 bridgehead atoms. The Morgan fingerprint density at radius 3 is 2.44 bits per heavy atom. The molecule has 1 aromatic heterocycles. The molecule has 3 N–H and O–H groups in total. The molecule has 1 saturated carbocycles. The SMILES string of the molecule is CC(Cc1c[nH]c2ccccc12)(OC(N)=O)C(=O)N1CC2CCC(CC2)C1. The summed E-state index contributed by atoms with van der Waals surface area (Å²) in [6.07, 6.45) is 6.00. The minimum absolute atomic E-state index is 0.134. The number of hydrogen-bond acceptors (Lipinski definition) is 3. The van der Waals surface area contributed by atoms with E-state index in [1.54, 1.807) is 6.92 Å². The van der Waals surface area contributed by atoms with E-state index >= 15 is 0 Å². The average molecular weight is 369 g/mol. The fraction of sp³-hybridized carbons (Fsp3) is 0.524. The lowest BCUT2D eigenvalue weighted by Crippen LogP contribution is -2.53. The van der Waals surface area contributed by atoms with Crippen molar-refractivity contribution in [3.8, 4) is 0 Å². The Hall–Kier alpha value is -2.50. The predicted octanol–water partition coefficient (Wildman–Crippen LogP) is 3.21. The third-order valence-electron chi connectivity index (χ3n) is 6.19. The summed E-state index contributed by atoms with van der Waals surface area (Å²) in [5, 5.41) is 1.03. The molecule has 1 unspecified atom stereocenters. The van der Waals surface area contributed by atoms with Gasteiger partial charge in [-0.05, 0) is 56.1 Å². The van der Waals surface area contributed by atoms with Crippen LogP contribution >= 0.6 is 0 Å². The lowest BCUT2D eigenvalue weighted by Gasteiger charge is -2.34. The van der Waals surface area contributed by atoms with Crippen molar-refractivity contribution in [1.82, 2.24) is 9.88 Å². The molecule has 2 aliphatic heterocycles. The number of nitrogens with one attached hydrogen (secondary N) is 1. The molecule has 27 heavy (non-hydrogen) atoms. The van der Waals surface area contributed by atoms with Gasteiger partial charge in [0.05, 0.1) is 0 Å². The molecule has 3 fully saturated rings. The molecular formula is C21H27N3O3. The van der Waals surface area contributed by atoms with Crippen molar-refractivity contribution in [3.63, 3.8) is 0 Å². The number of benzene rings is 1. The van der Waals surface area contributed by atoms with Crippen molar-refractivity contribution in [2.75, 3.05) is 13.1 Å². The van der Waals surface area contributed by atoms with Gasteiger partial charge in [0.25, 0.3) is 5.91 Å². The zero-order valence-electron chi connectivity index (χ0n) is 15.7. The molecule has 2 aromatic rings. The zero-order chi connectivity index (χ0) is 19.0. The second kappa shape index (κ2) is 6.91. The average Bonchev–Trinajstić information content (AvgIpc) is 2.81. The van der Waals surface area contributed by atoms with Gasteiger partial charge in [-0.25, -0.2) is 4.79 Å². The summed E-state index contributed by atoms with van der Waals surface area (Å²) in [5.41, 5.74) is 5.98. The van der Waals surface area contributed by atoms with E-state index in [-0.39, 0.29) is 5.91 Å². The van der Waals surface area contributed by atoms with E-state index in [0.717, 1.165) is 29.6 Å². The topological polar surface area (TPSA) is 88.4 Å². The Balaban J connectivity index is 1.63. The van der Waals surface area contributed by atoms with E-state index in [4.69, 9.17) is 10.5 Å². The fourth-order valence-electron chi connectivity index (χ4n) is 4.81. The number of H-pyrrole nitrogens is 1. The van der Waals surface area contributed by atoms with E-state index in [1.807, 2.05) is 35.4 Å². The standard InChI is InChI=1S/C21H27N3O3/c1-21(27-20(22)26,10-16-11-23-18-5-3-2-4-17(16)18)19(25)24-12-14-6-7-15(13-24)9-8-14/h2-5,11,14-15,23H,6-10,12-13H2,1H3,(H2,22,26). The summed E-state index contributed by atoms with van der Waals surface area (Å²) < 4.78 is 5.44. The second-order valence-electron chi connectivity index (χ2n) is 8.29. The van der Waals surface area contributed by atoms with Gasteiger partial charge in [0.15, 0.2) is 5.60 Å². The fourth-order valence-corrected chi connectivity index (χ4v) is 4.81. The first-order chi connectivity index (χ1) is 12.9. The second-order valence-corrected chi connectivity index (χ2v) is 8.29. The number of hydrogen-bond donors (Lipinski definition) is 2. The summed E-state index contributed by atoms with van der Waals surface area (Å²) in [6.45, 7) is 3.19. The van der Waals surface area contributed by atoms with E-state index in [0.29, 0.717) is 18.3 Å². The Labute approximate surface area is 159 Å². The maximum atomic E-state index is 13.5. The van der Waals surface area contributed by atoms with Crippen LogP contribution in [-0.4, -0.2) is 40.6 Å². The lowest BCUT2D eigenvalue weighted by molar-refractivity contribution is -0.150. The van der Waals surface area contributed by atoms with Crippen LogP contribution in [0.4, 0.5) is 4.79 Å². The third-order valence-corrected chi connectivity index (χ3v) is 6.19. The first-order valence-corrected chi connectivity index (χ1v) is 9.77. The zero-order valence-corrected chi connectivity index (χ0v) is 15.7. The number of amides is 2. The molecule has 3 aliphatic rings. The van der Waals surface area contributed by atoms with Crippen LogP contribution in [0.25, 0.3) is 10.9 Å². The van der Waals surface area contributed by atoms with Gasteiger partial charge in [0.1, 0.15) is 0 Å². The van der Waals surface area contributed by atoms with Gasteiger partial charge in [-0.2, -0.15) is 0 Å². The molecule has 6 heteroatoms. The van der Waals surface area contributed by atoms with Crippen LogP contribution in [0, 0.1) is 11.8 Å². The summed E-state index contributed by atoms with van der Waals surface area (Å²) in [5.74, 6) is 0.975. The number of aromatic amines is 1. The van der Waals surface area contributed by atoms with Crippen molar-refractivity contribution in [2.24, 2.45) is 17.6 Å². The minimum atomic E-state index is -1.30. The Morgan fingerprint density at radius 2 is 1.81 bits per heavy atom. The smallest absolute Gasteiger partial charge is 0.405 e. The number of nitrogens with zero attached hydrogens (tertiary/aromatic N) is 1. The van der Waals surface area contributed by atoms with Crippen molar-refractivity contribution >= 4 is 22.9 Å². The number of carbonyl (C=O) groups is 2. The maximum Gasteiger partial charge on any atom is 0.405 e. The van der Waals surface area contributed by atoms with Crippen LogP contribution in [0.15, 0.2) is 30.5 Å². The first-order valence-electron chi connectivity index (χ1n) is 9.77. The lowest BCUT2D eigenvalue weighted by atomic mass is 9.84. The molecule has 2 amide bonds. The van der Waals surface area contributed by atoms with Crippen molar-refractivity contribution in [1.29, 1.82) is 0 Å². The van der Waals surface area contributed by atoms with Gasteiger partial charge in [0, 0.05) is 36.6 Å². The number of aromatic nitrogens is 1. The van der Waals surface area contributed by atoms with Gasteiger partial charge < -0.3 is 20.4 Å². The Morgan fingerprint density at radius 1 is 1.19 bits per heavy atom. The molecule has 0 spiro atoms. The molecule has 3 heterocycles. The summed E-state index contributed by atoms with van der Waals surface area (Å²) in [4.78, 5) is 30.2. The third kappa shape index (κ3) is 3.53. The monoisotopic (exact) mass is 369 g/mol. The Kier molecular flexibility index (Phi) is 4.58. The molecule has 1 aromatic carbocycles. The van der Waals surface area contributed by atoms with Gasteiger partial charge in [-0.1, -0.05) is 18.2 Å². The maximum absolute atomic E-state index is 13.5. The van der Waals surface area contributed by atoms with Gasteiger partial charge >= 0.3 is 6.09 Å². The molecule has 5 rings (SSSR count). The predicted molar refractivity (Wildman–Crippen MR) is 103 cm³/mol. The highest BCUT2D eigenvalue weighted by atomic mass is 16.6. The minimum Gasteiger partial charge on any atom is -0.433 e. The van der Waals surface area contributed by atoms with E-state index in [9.17, 15) is 9.59 Å². The number of primary amides is 1. The van der Waals surface area contributed by atoms with Crippen LogP contribution in [-0.2, 0) is 16.0 Å². The number of nitrogens with two attached hydrogens (primary N) is 1. The number of fused-ring (bicyclic) bond motifs is 5. The molecular weight excluding hydrogens is 342 g/mol. The molecule has 1 atom stereocenters. The van der Waals surface area contributed by atoms with Crippen LogP contribution in [0.5, 0.6) is 0 Å². The number of rotatable bonds is 4. The van der Waals surface area contributed by atoms with Crippen LogP contribution in [0.1, 0.15) is 38.2 Å². The van der Waals surface area contributed by atoms with Gasteiger partial charge in [0.2, 0.25) is 0 Å². The normalized spacial score (nSPS) is 24.4. The molecule has 6 nitrogen and oxygen atoms in total. The highest BCUT2D eigenvalue weighted by Gasteiger charge is 2.43. The van der Waals surface area contributed by atoms with E-state index < -0.39 is 11.7 Å². The molecule has 2 saturated heterocycles. The van der Waals surface area contributed by atoms with Gasteiger partial charge in [-0.15, -0.1) is 0 Å². The Bertz CT molecular complexity index is 839. The molecule has 0 radical (unpaired) electrons. The van der Waals surface area contributed by atoms with Crippen LogP contribution in [0.3, 0.4) is 0 Å². The van der Waals surface area contributed by atoms with Crippen LogP contribution < -0.4 is 5.73 Å². The summed E-state index contributed by atoms with van der Waals surface area (Å²) >= 11 is 0. The number of carbonyl (C=O) groups excluding carboxylic acids is 2. The van der Waals surface area contributed by atoms with Crippen molar-refractivity contribution in [3.05, 3.63) is 36.0 Å². The summed E-state index contributed by atoms with van der Waals surface area (Å²) in [7, 11) is 0. The molecule has 144 valence electrons. The van der Waals surface area contributed by atoms with E-state index in [2.05, 4.69) is 4.98 Å². The summed E-state index contributed by atoms with van der Waals surface area (Å²) in [6, 6.07) is 7.90. The van der Waals surface area contributed by atoms with Crippen molar-refractivity contribution in [2.45, 2.75) is 44.6 Å². The van der Waals surface area contributed by atoms with Gasteiger partial charge in [-0.3, -0.25) is 4.79 Å². The molecule has 1 aliphatic carbocycles. The number of para-hydroxylation sites is 1. The number of ether oxygens (including phenoxy) is 1. The highest BCUT2D eigenvalue weighted by Crippen LogP contribution is 2.35. The van der Waals surface area contributed by atoms with E-state index in [1.165, 1.54) is 25.7 Å². The van der Waals surface area contributed by atoms with Crippen LogP contribution in [0.2, 0.25) is 0 Å².